The highest BCUT2D eigenvalue weighted by Gasteiger charge is 2.20. The Morgan fingerprint density at radius 2 is 2.25 bits per heavy atom. The Morgan fingerprint density at radius 1 is 1.38 bits per heavy atom. The highest BCUT2D eigenvalue weighted by Crippen LogP contribution is 2.19. The first-order chi connectivity index (χ1) is 7.79. The lowest BCUT2D eigenvalue weighted by Gasteiger charge is -2.22. The summed E-state index contributed by atoms with van der Waals surface area (Å²) >= 11 is 0. The van der Waals surface area contributed by atoms with Crippen molar-refractivity contribution in [2.24, 2.45) is 0 Å². The molecule has 0 radical (unpaired) electrons. The van der Waals surface area contributed by atoms with Crippen LogP contribution in [0.25, 0.3) is 0 Å². The third-order valence-corrected chi connectivity index (χ3v) is 3.05. The molecule has 1 aliphatic heterocycles. The smallest absolute Gasteiger partial charge is 0.269 e. The van der Waals surface area contributed by atoms with Crippen molar-refractivity contribution >= 4 is 18.2 Å². The maximum atomic E-state index is 8.91. The molecular formula is C11H15BN4. The van der Waals surface area contributed by atoms with Crippen molar-refractivity contribution in [1.29, 1.82) is 5.26 Å². The van der Waals surface area contributed by atoms with Crippen LogP contribution in [0, 0.1) is 11.2 Å². The molecule has 1 fully saturated rings. The standard InChI is InChI=1S/C11H15BN4/c13-9-12-4-1-6-16(7-5-12)10-2-3-11(14)15-8-10/h2-3,8H,1,4-7H2,(H2,14,15). The van der Waals surface area contributed by atoms with E-state index < -0.39 is 0 Å². The maximum absolute atomic E-state index is 8.91. The third kappa shape index (κ3) is 2.46. The second-order valence-corrected chi connectivity index (χ2v) is 4.19. The molecule has 0 unspecified atom stereocenters. The molecule has 82 valence electrons. The zero-order chi connectivity index (χ0) is 11.4. The van der Waals surface area contributed by atoms with Crippen molar-refractivity contribution in [3.05, 3.63) is 18.3 Å². The molecule has 0 aliphatic carbocycles. The number of hydrogen-bond acceptors (Lipinski definition) is 4. The van der Waals surface area contributed by atoms with E-state index in [4.69, 9.17) is 11.0 Å². The van der Waals surface area contributed by atoms with Gasteiger partial charge in [0.15, 0.2) is 0 Å². The predicted octanol–water partition coefficient (Wildman–Crippen LogP) is 1.43. The molecule has 0 spiro atoms. The van der Waals surface area contributed by atoms with Crippen molar-refractivity contribution < 1.29 is 0 Å². The lowest BCUT2D eigenvalue weighted by atomic mass is 9.46. The molecule has 1 aromatic heterocycles. The van der Waals surface area contributed by atoms with E-state index in [-0.39, 0.29) is 6.71 Å². The quantitative estimate of drug-likeness (QED) is 0.718. The summed E-state index contributed by atoms with van der Waals surface area (Å²) < 4.78 is 0. The molecular weight excluding hydrogens is 199 g/mol. The van der Waals surface area contributed by atoms with Gasteiger partial charge in [0.1, 0.15) is 5.82 Å². The average Bonchev–Trinajstić information content (AvgIpc) is 2.55. The molecule has 2 rings (SSSR count). The molecule has 5 heteroatoms. The Kier molecular flexibility index (Phi) is 3.30. The van der Waals surface area contributed by atoms with Gasteiger partial charge in [-0.15, -0.1) is 0 Å². The Bertz CT molecular complexity index is 384. The fourth-order valence-corrected chi connectivity index (χ4v) is 2.07. The SMILES string of the molecule is N#CB1CCCN(c2ccc(N)nc2)CC1. The molecule has 16 heavy (non-hydrogen) atoms. The lowest BCUT2D eigenvalue weighted by Crippen LogP contribution is -2.24. The summed E-state index contributed by atoms with van der Waals surface area (Å²) in [5.74, 6) is 2.91. The normalized spacial score (nSPS) is 16.7. The molecule has 1 saturated heterocycles. The summed E-state index contributed by atoms with van der Waals surface area (Å²) in [6, 6.07) is 3.82. The van der Waals surface area contributed by atoms with Gasteiger partial charge in [0, 0.05) is 19.1 Å². The molecule has 0 amide bonds. The van der Waals surface area contributed by atoms with Crippen LogP contribution in [0.4, 0.5) is 11.5 Å². The van der Waals surface area contributed by atoms with Gasteiger partial charge >= 0.3 is 0 Å². The van der Waals surface area contributed by atoms with E-state index in [1.54, 1.807) is 0 Å². The molecule has 0 atom stereocenters. The van der Waals surface area contributed by atoms with Crippen molar-refractivity contribution in [1.82, 2.24) is 4.98 Å². The highest BCUT2D eigenvalue weighted by molar-refractivity contribution is 6.67. The third-order valence-electron chi connectivity index (χ3n) is 3.05. The van der Waals surface area contributed by atoms with Crippen LogP contribution in [-0.4, -0.2) is 24.8 Å². The van der Waals surface area contributed by atoms with Gasteiger partial charge in [-0.1, -0.05) is 6.32 Å². The van der Waals surface area contributed by atoms with Crippen molar-refractivity contribution in [3.63, 3.8) is 0 Å². The maximum Gasteiger partial charge on any atom is 0.269 e. The van der Waals surface area contributed by atoms with Crippen LogP contribution < -0.4 is 10.6 Å². The van der Waals surface area contributed by atoms with Crippen LogP contribution in [-0.2, 0) is 0 Å². The van der Waals surface area contributed by atoms with Crippen LogP contribution in [0.1, 0.15) is 6.42 Å². The van der Waals surface area contributed by atoms with E-state index in [1.165, 1.54) is 0 Å². The number of anilines is 2. The largest absolute Gasteiger partial charge is 0.384 e. The number of aromatic nitrogens is 1. The topological polar surface area (TPSA) is 65.9 Å². The van der Waals surface area contributed by atoms with Crippen molar-refractivity contribution in [3.8, 4) is 5.97 Å². The first-order valence-electron chi connectivity index (χ1n) is 5.65. The fourth-order valence-electron chi connectivity index (χ4n) is 2.07. The first-order valence-corrected chi connectivity index (χ1v) is 5.65. The van der Waals surface area contributed by atoms with Gasteiger partial charge in [0.05, 0.1) is 11.9 Å². The summed E-state index contributed by atoms with van der Waals surface area (Å²) in [4.78, 5) is 6.38. The van der Waals surface area contributed by atoms with Crippen LogP contribution in [0.3, 0.4) is 0 Å². The van der Waals surface area contributed by atoms with Gasteiger partial charge in [-0.25, -0.2) is 10.2 Å². The van der Waals surface area contributed by atoms with Crippen LogP contribution >= 0.6 is 0 Å². The Balaban J connectivity index is 2.05. The predicted molar refractivity (Wildman–Crippen MR) is 66.5 cm³/mol. The van der Waals surface area contributed by atoms with Crippen molar-refractivity contribution in [2.75, 3.05) is 23.7 Å². The molecule has 4 nitrogen and oxygen atoms in total. The summed E-state index contributed by atoms with van der Waals surface area (Å²) in [7, 11) is 0. The number of pyridine rings is 1. The van der Waals surface area contributed by atoms with E-state index in [9.17, 15) is 0 Å². The van der Waals surface area contributed by atoms with Gasteiger partial charge in [-0.05, 0) is 24.9 Å². The van der Waals surface area contributed by atoms with Gasteiger partial charge in [-0.3, -0.25) is 0 Å². The molecule has 1 aromatic rings. The minimum absolute atomic E-state index is 0.215. The highest BCUT2D eigenvalue weighted by atomic mass is 15.1. The monoisotopic (exact) mass is 214 g/mol. The van der Waals surface area contributed by atoms with Gasteiger partial charge < -0.3 is 10.6 Å². The Morgan fingerprint density at radius 3 is 2.94 bits per heavy atom. The summed E-state index contributed by atoms with van der Waals surface area (Å²) in [6.07, 6.45) is 4.83. The van der Waals surface area contributed by atoms with Crippen LogP contribution in [0.5, 0.6) is 0 Å². The second kappa shape index (κ2) is 4.89. The number of nitrogen functional groups attached to an aromatic ring is 1. The van der Waals surface area contributed by atoms with E-state index >= 15 is 0 Å². The van der Waals surface area contributed by atoms with Gasteiger partial charge in [-0.2, -0.15) is 0 Å². The summed E-state index contributed by atoms with van der Waals surface area (Å²) in [6.45, 7) is 2.15. The Hall–Kier alpha value is -1.70. The minimum atomic E-state index is 0.215. The molecule has 0 saturated carbocycles. The minimum Gasteiger partial charge on any atom is -0.384 e. The van der Waals surface area contributed by atoms with Crippen LogP contribution in [0.15, 0.2) is 18.3 Å². The number of nitrogens with two attached hydrogens (primary N) is 1. The molecule has 2 N–H and O–H groups in total. The zero-order valence-electron chi connectivity index (χ0n) is 9.26. The Labute approximate surface area is 96.1 Å². The molecule has 1 aliphatic rings. The summed E-state index contributed by atoms with van der Waals surface area (Å²) in [5.41, 5.74) is 6.66. The van der Waals surface area contributed by atoms with Gasteiger partial charge in [0.2, 0.25) is 0 Å². The van der Waals surface area contributed by atoms with E-state index in [0.717, 1.165) is 37.8 Å². The van der Waals surface area contributed by atoms with E-state index in [1.807, 2.05) is 18.3 Å². The zero-order valence-corrected chi connectivity index (χ0v) is 9.26. The average molecular weight is 214 g/mol. The molecule has 2 heterocycles. The number of hydrogen-bond donors (Lipinski definition) is 1. The fraction of sp³-hybridized carbons (Fsp3) is 0.455. The summed E-state index contributed by atoms with van der Waals surface area (Å²) in [5, 5.41) is 8.91. The number of nitrogens with zero attached hydrogens (tertiary/aromatic N) is 3. The second-order valence-electron chi connectivity index (χ2n) is 4.19. The van der Waals surface area contributed by atoms with Crippen molar-refractivity contribution in [2.45, 2.75) is 19.1 Å². The van der Waals surface area contributed by atoms with E-state index in [2.05, 4.69) is 15.9 Å². The number of nitriles is 1. The molecule has 0 bridgehead atoms. The molecule has 0 aromatic carbocycles. The number of rotatable bonds is 1. The van der Waals surface area contributed by atoms with Crippen LogP contribution in [0.2, 0.25) is 12.6 Å². The first kappa shape index (κ1) is 10.8. The van der Waals surface area contributed by atoms with Gasteiger partial charge in [0.25, 0.3) is 6.71 Å². The lowest BCUT2D eigenvalue weighted by molar-refractivity contribution is 0.809. The van der Waals surface area contributed by atoms with E-state index in [0.29, 0.717) is 5.82 Å².